The van der Waals surface area contributed by atoms with Gasteiger partial charge in [-0.25, -0.2) is 0 Å². The summed E-state index contributed by atoms with van der Waals surface area (Å²) in [5.41, 5.74) is 0. The van der Waals surface area contributed by atoms with E-state index in [-0.39, 0.29) is 5.28 Å². The van der Waals surface area contributed by atoms with Crippen LogP contribution in [0, 0.1) is 0 Å². The van der Waals surface area contributed by atoms with Gasteiger partial charge in [0.05, 0.1) is 6.20 Å². The van der Waals surface area contributed by atoms with E-state index in [1.807, 2.05) is 7.05 Å². The lowest BCUT2D eigenvalue weighted by Gasteiger charge is -2.35. The normalized spacial score (nSPS) is 18.7. The molecule has 0 bridgehead atoms. The Morgan fingerprint density at radius 2 is 2.12 bits per heavy atom. The standard InChI is InChI=1S/C10H16ClN5/c1-15-5-3-8(4-6-15)16(2)9-7-12-14-10(11)13-9/h7-8H,3-6H2,1-2H3. The summed E-state index contributed by atoms with van der Waals surface area (Å²) >= 11 is 5.73. The summed E-state index contributed by atoms with van der Waals surface area (Å²) in [5.74, 6) is 0.801. The highest BCUT2D eigenvalue weighted by Gasteiger charge is 2.21. The van der Waals surface area contributed by atoms with Crippen molar-refractivity contribution in [2.75, 3.05) is 32.1 Å². The van der Waals surface area contributed by atoms with Crippen LogP contribution in [0.4, 0.5) is 5.82 Å². The Balaban J connectivity index is 2.04. The minimum atomic E-state index is 0.206. The molecule has 6 heteroatoms. The van der Waals surface area contributed by atoms with Crippen LogP contribution in [-0.2, 0) is 0 Å². The monoisotopic (exact) mass is 241 g/mol. The number of likely N-dealkylation sites (tertiary alicyclic amines) is 1. The van der Waals surface area contributed by atoms with E-state index in [9.17, 15) is 0 Å². The second kappa shape index (κ2) is 4.93. The molecular formula is C10H16ClN5. The minimum Gasteiger partial charge on any atom is -0.355 e. The zero-order valence-corrected chi connectivity index (χ0v) is 10.4. The van der Waals surface area contributed by atoms with Gasteiger partial charge in [0.15, 0.2) is 5.82 Å². The molecule has 1 aromatic rings. The molecule has 88 valence electrons. The van der Waals surface area contributed by atoms with Crippen LogP contribution in [0.5, 0.6) is 0 Å². The third kappa shape index (κ3) is 2.59. The fourth-order valence-corrected chi connectivity index (χ4v) is 2.14. The molecule has 0 N–H and O–H groups in total. The molecule has 16 heavy (non-hydrogen) atoms. The Morgan fingerprint density at radius 1 is 1.44 bits per heavy atom. The fourth-order valence-electron chi connectivity index (χ4n) is 2.01. The van der Waals surface area contributed by atoms with Crippen molar-refractivity contribution in [3.8, 4) is 0 Å². The van der Waals surface area contributed by atoms with Crippen LogP contribution in [0.15, 0.2) is 6.20 Å². The number of hydrogen-bond donors (Lipinski definition) is 0. The lowest BCUT2D eigenvalue weighted by atomic mass is 10.0. The average Bonchev–Trinajstić information content (AvgIpc) is 2.29. The second-order valence-corrected chi connectivity index (χ2v) is 4.57. The van der Waals surface area contributed by atoms with Crippen LogP contribution in [0.1, 0.15) is 12.8 Å². The van der Waals surface area contributed by atoms with Crippen molar-refractivity contribution in [1.82, 2.24) is 20.1 Å². The van der Waals surface area contributed by atoms with E-state index in [1.54, 1.807) is 6.20 Å². The topological polar surface area (TPSA) is 45.2 Å². The molecule has 0 aromatic carbocycles. The minimum absolute atomic E-state index is 0.206. The van der Waals surface area contributed by atoms with Crippen LogP contribution in [0.3, 0.4) is 0 Å². The summed E-state index contributed by atoms with van der Waals surface area (Å²) < 4.78 is 0. The predicted molar refractivity (Wildman–Crippen MR) is 63.8 cm³/mol. The van der Waals surface area contributed by atoms with Gasteiger partial charge in [0.1, 0.15) is 0 Å². The Bertz CT molecular complexity index is 351. The Hall–Kier alpha value is -0.940. The molecule has 1 saturated heterocycles. The number of aromatic nitrogens is 3. The molecule has 0 unspecified atom stereocenters. The number of piperidine rings is 1. The Morgan fingerprint density at radius 3 is 2.75 bits per heavy atom. The molecule has 2 heterocycles. The van der Waals surface area contributed by atoms with Gasteiger partial charge in [-0.2, -0.15) is 10.1 Å². The van der Waals surface area contributed by atoms with Crippen LogP contribution in [-0.4, -0.2) is 53.3 Å². The first-order valence-corrected chi connectivity index (χ1v) is 5.81. The van der Waals surface area contributed by atoms with Gasteiger partial charge in [0.2, 0.25) is 5.28 Å². The van der Waals surface area contributed by atoms with Gasteiger partial charge in [-0.3, -0.25) is 0 Å². The third-order valence-electron chi connectivity index (χ3n) is 3.12. The average molecular weight is 242 g/mol. The van der Waals surface area contributed by atoms with E-state index in [0.29, 0.717) is 6.04 Å². The molecule has 0 spiro atoms. The highest BCUT2D eigenvalue weighted by atomic mass is 35.5. The molecule has 0 radical (unpaired) electrons. The van der Waals surface area contributed by atoms with Crippen molar-refractivity contribution < 1.29 is 0 Å². The highest BCUT2D eigenvalue weighted by molar-refractivity contribution is 6.28. The summed E-state index contributed by atoms with van der Waals surface area (Å²) in [5, 5.41) is 7.67. The Kier molecular flexibility index (Phi) is 3.56. The number of rotatable bonds is 2. The molecule has 0 amide bonds. The molecule has 0 atom stereocenters. The molecule has 0 saturated carbocycles. The quantitative estimate of drug-likeness (QED) is 0.775. The van der Waals surface area contributed by atoms with Crippen LogP contribution < -0.4 is 4.90 Å². The number of anilines is 1. The first-order chi connectivity index (χ1) is 7.66. The lowest BCUT2D eigenvalue weighted by molar-refractivity contribution is 0.252. The molecule has 1 aliphatic rings. The summed E-state index contributed by atoms with van der Waals surface area (Å²) in [7, 11) is 4.19. The molecule has 5 nitrogen and oxygen atoms in total. The maximum Gasteiger partial charge on any atom is 0.244 e. The lowest BCUT2D eigenvalue weighted by Crippen LogP contribution is -2.42. The highest BCUT2D eigenvalue weighted by Crippen LogP contribution is 2.19. The first kappa shape index (κ1) is 11.5. The second-order valence-electron chi connectivity index (χ2n) is 4.23. The zero-order chi connectivity index (χ0) is 11.5. The van der Waals surface area contributed by atoms with E-state index in [2.05, 4.69) is 32.0 Å². The first-order valence-electron chi connectivity index (χ1n) is 5.43. The smallest absolute Gasteiger partial charge is 0.244 e. The molecule has 1 fully saturated rings. The van der Waals surface area contributed by atoms with Crippen LogP contribution in [0.25, 0.3) is 0 Å². The van der Waals surface area contributed by atoms with Crippen molar-refractivity contribution >= 4 is 17.4 Å². The van der Waals surface area contributed by atoms with Gasteiger partial charge in [0, 0.05) is 13.1 Å². The van der Waals surface area contributed by atoms with Crippen molar-refractivity contribution in [2.24, 2.45) is 0 Å². The molecule has 1 aromatic heterocycles. The molecule has 0 aliphatic carbocycles. The van der Waals surface area contributed by atoms with Crippen molar-refractivity contribution in [3.63, 3.8) is 0 Å². The van der Waals surface area contributed by atoms with E-state index >= 15 is 0 Å². The van der Waals surface area contributed by atoms with Crippen LogP contribution in [0.2, 0.25) is 5.28 Å². The molecule has 1 aliphatic heterocycles. The van der Waals surface area contributed by atoms with Gasteiger partial charge in [-0.15, -0.1) is 5.10 Å². The largest absolute Gasteiger partial charge is 0.355 e. The van der Waals surface area contributed by atoms with Gasteiger partial charge < -0.3 is 9.80 Å². The van der Waals surface area contributed by atoms with E-state index in [4.69, 9.17) is 11.6 Å². The van der Waals surface area contributed by atoms with Crippen molar-refractivity contribution in [3.05, 3.63) is 11.5 Å². The van der Waals surface area contributed by atoms with E-state index in [0.717, 1.165) is 31.7 Å². The predicted octanol–water partition coefficient (Wildman–Crippen LogP) is 1.06. The summed E-state index contributed by atoms with van der Waals surface area (Å²) in [6.45, 7) is 2.25. The van der Waals surface area contributed by atoms with Gasteiger partial charge >= 0.3 is 0 Å². The molecule has 2 rings (SSSR count). The van der Waals surface area contributed by atoms with Gasteiger partial charge in [-0.05, 0) is 44.6 Å². The summed E-state index contributed by atoms with van der Waals surface area (Å²) in [4.78, 5) is 8.66. The maximum atomic E-state index is 5.73. The zero-order valence-electron chi connectivity index (χ0n) is 9.60. The molecular weight excluding hydrogens is 226 g/mol. The number of halogens is 1. The van der Waals surface area contributed by atoms with E-state index < -0.39 is 0 Å². The fraction of sp³-hybridized carbons (Fsp3) is 0.700. The van der Waals surface area contributed by atoms with Crippen LogP contribution >= 0.6 is 11.6 Å². The SMILES string of the molecule is CN1CCC(N(C)c2cnnc(Cl)n2)CC1. The van der Waals surface area contributed by atoms with Gasteiger partial charge in [0.25, 0.3) is 0 Å². The Labute approximate surface area is 100 Å². The number of nitrogens with zero attached hydrogens (tertiary/aromatic N) is 5. The van der Waals surface area contributed by atoms with Crippen molar-refractivity contribution in [2.45, 2.75) is 18.9 Å². The summed E-state index contributed by atoms with van der Waals surface area (Å²) in [6, 6.07) is 0.518. The maximum absolute atomic E-state index is 5.73. The van der Waals surface area contributed by atoms with Crippen molar-refractivity contribution in [1.29, 1.82) is 0 Å². The van der Waals surface area contributed by atoms with E-state index in [1.165, 1.54) is 0 Å². The third-order valence-corrected chi connectivity index (χ3v) is 3.28. The number of hydrogen-bond acceptors (Lipinski definition) is 5. The summed E-state index contributed by atoms with van der Waals surface area (Å²) in [6.07, 6.45) is 3.95. The van der Waals surface area contributed by atoms with Gasteiger partial charge in [-0.1, -0.05) is 0 Å².